The van der Waals surface area contributed by atoms with Gasteiger partial charge in [0.05, 0.1) is 4.90 Å². The summed E-state index contributed by atoms with van der Waals surface area (Å²) in [4.78, 5) is 10.7. The molecule has 0 aromatic heterocycles. The lowest BCUT2D eigenvalue weighted by molar-refractivity contribution is -0.498. The van der Waals surface area contributed by atoms with E-state index in [2.05, 4.69) is 6.92 Å². The molecule has 160 valence electrons. The molecule has 0 amide bonds. The minimum atomic E-state index is -3.92. The molecule has 0 fully saturated rings. The molecule has 6 heteroatoms. The highest BCUT2D eigenvalue weighted by Gasteiger charge is 2.36. The predicted octanol–water partition coefficient (Wildman–Crippen LogP) is 6.54. The standard InChI is InChI=1S/C22H37NO4S/c1-2-3-4-5-6-7-8-9-10-11-12-13-17-20-22(23(24)25)28(26,27)21-18-15-14-16-19-21/h14-16,18-19,22H,2-13,17,20H2,1H3. The molecule has 0 radical (unpaired) electrons. The molecular weight excluding hydrogens is 374 g/mol. The van der Waals surface area contributed by atoms with E-state index in [4.69, 9.17) is 0 Å². The van der Waals surface area contributed by atoms with Gasteiger partial charge in [0, 0.05) is 11.3 Å². The smallest absolute Gasteiger partial charge is 0.263 e. The number of benzene rings is 1. The van der Waals surface area contributed by atoms with E-state index in [9.17, 15) is 18.5 Å². The van der Waals surface area contributed by atoms with Crippen molar-refractivity contribution in [1.29, 1.82) is 0 Å². The Morgan fingerprint density at radius 1 is 0.786 bits per heavy atom. The number of nitrogens with zero attached hydrogens (tertiary/aromatic N) is 1. The van der Waals surface area contributed by atoms with E-state index in [0.717, 1.165) is 19.3 Å². The van der Waals surface area contributed by atoms with Crippen LogP contribution in [0.4, 0.5) is 0 Å². The monoisotopic (exact) mass is 411 g/mol. The first-order chi connectivity index (χ1) is 13.5. The maximum Gasteiger partial charge on any atom is 0.314 e. The second kappa shape index (κ2) is 14.6. The Bertz CT molecular complexity index is 631. The van der Waals surface area contributed by atoms with Gasteiger partial charge in [-0.3, -0.25) is 10.1 Å². The highest BCUT2D eigenvalue weighted by Crippen LogP contribution is 2.21. The average molecular weight is 412 g/mol. The van der Waals surface area contributed by atoms with E-state index in [1.165, 1.54) is 69.9 Å². The molecule has 5 nitrogen and oxygen atoms in total. The second-order valence-corrected chi connectivity index (χ2v) is 9.73. The molecule has 1 aromatic carbocycles. The number of unbranched alkanes of at least 4 members (excludes halogenated alkanes) is 12. The molecular formula is C22H37NO4S. The zero-order valence-corrected chi connectivity index (χ0v) is 18.2. The van der Waals surface area contributed by atoms with Crippen molar-refractivity contribution in [2.24, 2.45) is 0 Å². The highest BCUT2D eigenvalue weighted by atomic mass is 32.2. The maximum absolute atomic E-state index is 12.5. The molecule has 0 heterocycles. The van der Waals surface area contributed by atoms with Crippen molar-refractivity contribution in [3.63, 3.8) is 0 Å². The third-order valence-electron chi connectivity index (χ3n) is 5.22. The summed E-state index contributed by atoms with van der Waals surface area (Å²) >= 11 is 0. The molecule has 0 aliphatic heterocycles. The van der Waals surface area contributed by atoms with Crippen molar-refractivity contribution in [2.75, 3.05) is 0 Å². The fraction of sp³-hybridized carbons (Fsp3) is 0.727. The molecule has 0 aliphatic carbocycles. The zero-order chi connectivity index (χ0) is 20.7. The van der Waals surface area contributed by atoms with Gasteiger partial charge >= 0.3 is 5.37 Å². The van der Waals surface area contributed by atoms with Gasteiger partial charge in [0.2, 0.25) is 9.84 Å². The molecule has 1 rings (SSSR count). The van der Waals surface area contributed by atoms with Crippen LogP contribution >= 0.6 is 0 Å². The third-order valence-corrected chi connectivity index (χ3v) is 7.27. The van der Waals surface area contributed by atoms with E-state index in [1.807, 2.05) is 0 Å². The SMILES string of the molecule is CCCCCCCCCCCCCCCC([N+](=O)[O-])S(=O)(=O)c1ccccc1. The van der Waals surface area contributed by atoms with Gasteiger partial charge < -0.3 is 0 Å². The van der Waals surface area contributed by atoms with Crippen LogP contribution < -0.4 is 0 Å². The van der Waals surface area contributed by atoms with Gasteiger partial charge in [-0.2, -0.15) is 0 Å². The first-order valence-electron chi connectivity index (χ1n) is 10.9. The number of nitro groups is 1. The minimum absolute atomic E-state index is 0.0337. The third kappa shape index (κ3) is 9.67. The van der Waals surface area contributed by atoms with Crippen LogP contribution in [0, 0.1) is 10.1 Å². The average Bonchev–Trinajstić information content (AvgIpc) is 2.68. The zero-order valence-electron chi connectivity index (χ0n) is 17.4. The van der Waals surface area contributed by atoms with Crippen molar-refractivity contribution < 1.29 is 13.3 Å². The van der Waals surface area contributed by atoms with Gasteiger partial charge in [0.1, 0.15) is 0 Å². The largest absolute Gasteiger partial charge is 0.314 e. The van der Waals surface area contributed by atoms with E-state index < -0.39 is 20.1 Å². The lowest BCUT2D eigenvalue weighted by Crippen LogP contribution is -2.29. The summed E-state index contributed by atoms with van der Waals surface area (Å²) in [6.45, 7) is 2.24. The highest BCUT2D eigenvalue weighted by molar-refractivity contribution is 7.91. The first-order valence-corrected chi connectivity index (χ1v) is 12.5. The summed E-state index contributed by atoms with van der Waals surface area (Å²) in [6.07, 6.45) is 15.5. The lowest BCUT2D eigenvalue weighted by atomic mass is 10.0. The van der Waals surface area contributed by atoms with Gasteiger partial charge in [0.25, 0.3) is 0 Å². The quantitative estimate of drug-likeness (QED) is 0.165. The number of sulfone groups is 1. The summed E-state index contributed by atoms with van der Waals surface area (Å²) in [5.74, 6) is 0. The van der Waals surface area contributed by atoms with E-state index in [0.29, 0.717) is 6.42 Å². The van der Waals surface area contributed by atoms with Gasteiger partial charge in [-0.05, 0) is 18.6 Å². The van der Waals surface area contributed by atoms with Gasteiger partial charge in [-0.1, -0.05) is 102 Å². The van der Waals surface area contributed by atoms with Gasteiger partial charge in [-0.15, -0.1) is 0 Å². The Balaban J connectivity index is 2.16. The molecule has 0 N–H and O–H groups in total. The Kier molecular flexibility index (Phi) is 12.8. The molecule has 1 aromatic rings. The Labute approximate surface area is 171 Å². The van der Waals surface area contributed by atoms with Crippen LogP contribution in [0.2, 0.25) is 0 Å². The van der Waals surface area contributed by atoms with Crippen LogP contribution in [0.3, 0.4) is 0 Å². The summed E-state index contributed by atoms with van der Waals surface area (Å²) in [7, 11) is -3.92. The number of hydrogen-bond acceptors (Lipinski definition) is 4. The number of rotatable bonds is 17. The Hall–Kier alpha value is -1.43. The Morgan fingerprint density at radius 2 is 1.21 bits per heavy atom. The summed E-state index contributed by atoms with van der Waals surface area (Å²) in [6, 6.07) is 7.74. The summed E-state index contributed by atoms with van der Waals surface area (Å²) < 4.78 is 25.0. The fourth-order valence-electron chi connectivity index (χ4n) is 3.48. The van der Waals surface area contributed by atoms with Crippen molar-refractivity contribution in [3.05, 3.63) is 40.4 Å². The lowest BCUT2D eigenvalue weighted by Gasteiger charge is -2.11. The van der Waals surface area contributed by atoms with Crippen molar-refractivity contribution in [1.82, 2.24) is 0 Å². The van der Waals surface area contributed by atoms with Crippen LogP contribution in [0.1, 0.15) is 96.8 Å². The number of hydrogen-bond donors (Lipinski definition) is 0. The summed E-state index contributed by atoms with van der Waals surface area (Å²) in [5.41, 5.74) is 0. The van der Waals surface area contributed by atoms with Crippen molar-refractivity contribution in [2.45, 2.75) is 107 Å². The molecule has 0 aliphatic rings. The fourth-order valence-corrected chi connectivity index (χ4v) is 5.03. The molecule has 0 saturated heterocycles. The van der Waals surface area contributed by atoms with Gasteiger partial charge in [0.15, 0.2) is 0 Å². The summed E-state index contributed by atoms with van der Waals surface area (Å²) in [5, 5.41) is 9.76. The van der Waals surface area contributed by atoms with E-state index in [-0.39, 0.29) is 11.3 Å². The van der Waals surface area contributed by atoms with Crippen LogP contribution in [0.15, 0.2) is 35.2 Å². The molecule has 0 saturated carbocycles. The maximum atomic E-state index is 12.5. The van der Waals surface area contributed by atoms with Crippen molar-refractivity contribution in [3.8, 4) is 0 Å². The van der Waals surface area contributed by atoms with Crippen LogP contribution in [-0.2, 0) is 9.84 Å². The molecule has 0 spiro atoms. The first kappa shape index (κ1) is 24.6. The topological polar surface area (TPSA) is 77.3 Å². The minimum Gasteiger partial charge on any atom is -0.263 e. The second-order valence-electron chi connectivity index (χ2n) is 7.63. The normalized spacial score (nSPS) is 12.8. The molecule has 28 heavy (non-hydrogen) atoms. The molecule has 1 atom stereocenters. The predicted molar refractivity (Wildman–Crippen MR) is 115 cm³/mol. The van der Waals surface area contributed by atoms with Crippen LogP contribution in [0.5, 0.6) is 0 Å². The van der Waals surface area contributed by atoms with E-state index in [1.54, 1.807) is 18.2 Å². The Morgan fingerprint density at radius 3 is 1.64 bits per heavy atom. The van der Waals surface area contributed by atoms with Crippen molar-refractivity contribution >= 4 is 9.84 Å². The van der Waals surface area contributed by atoms with Crippen LogP contribution in [0.25, 0.3) is 0 Å². The van der Waals surface area contributed by atoms with Crippen LogP contribution in [-0.4, -0.2) is 18.7 Å². The molecule has 1 unspecified atom stereocenters. The molecule has 0 bridgehead atoms. The van der Waals surface area contributed by atoms with Gasteiger partial charge in [-0.25, -0.2) is 8.42 Å². The van der Waals surface area contributed by atoms with E-state index >= 15 is 0 Å².